The van der Waals surface area contributed by atoms with Crippen molar-refractivity contribution in [3.63, 3.8) is 0 Å². The Hall–Kier alpha value is -1.52. The molecule has 2 aromatic carbocycles. The summed E-state index contributed by atoms with van der Waals surface area (Å²) < 4.78 is 4.85. The molecule has 2 heterocycles. The average Bonchev–Trinajstić information content (AvgIpc) is 3.82. The van der Waals surface area contributed by atoms with E-state index in [1.165, 1.54) is 202 Å². The van der Waals surface area contributed by atoms with Gasteiger partial charge in [0.15, 0.2) is 0 Å². The van der Waals surface area contributed by atoms with Gasteiger partial charge in [-0.05, 0) is 0 Å². The van der Waals surface area contributed by atoms with E-state index >= 15 is 0 Å². The molecule has 2 aliphatic heterocycles. The molecule has 0 amide bonds. The first-order chi connectivity index (χ1) is 31.4. The maximum absolute atomic E-state index is 13.9. The van der Waals surface area contributed by atoms with Crippen LogP contribution < -0.4 is 18.7 Å². The normalized spacial score (nSPS) is 18.2. The van der Waals surface area contributed by atoms with Crippen LogP contribution in [0.5, 0.6) is 0 Å². The van der Waals surface area contributed by atoms with Crippen molar-refractivity contribution in [2.24, 2.45) is 11.8 Å². The molecule has 3 aliphatic rings. The van der Waals surface area contributed by atoms with Crippen molar-refractivity contribution >= 4 is 85.0 Å². The number of anilines is 2. The van der Waals surface area contributed by atoms with E-state index in [4.69, 9.17) is 23.2 Å². The van der Waals surface area contributed by atoms with Crippen LogP contribution in [0.4, 0.5) is 11.4 Å². The van der Waals surface area contributed by atoms with Gasteiger partial charge in [0.25, 0.3) is 0 Å². The van der Waals surface area contributed by atoms with Gasteiger partial charge in [0.2, 0.25) is 0 Å². The summed E-state index contributed by atoms with van der Waals surface area (Å²) in [6.45, 7) is 6.39. The van der Waals surface area contributed by atoms with E-state index in [1.54, 1.807) is 0 Å². The summed E-state index contributed by atoms with van der Waals surface area (Å²) >= 11 is 13.1. The Morgan fingerprint density at radius 3 is 0.969 bits per heavy atom. The van der Waals surface area contributed by atoms with Crippen molar-refractivity contribution in [1.29, 1.82) is 0 Å². The zero-order valence-electron chi connectivity index (χ0n) is 40.1. The molecule has 0 bridgehead atoms. The van der Waals surface area contributed by atoms with E-state index in [2.05, 4.69) is 47.9 Å². The second-order valence-corrected chi connectivity index (χ2v) is 24.4. The molecule has 0 spiro atoms. The Labute approximate surface area is 413 Å². The number of allylic oxidation sites excluding steroid dienone is 2. The van der Waals surface area contributed by atoms with E-state index in [0.29, 0.717) is 0 Å². The fourth-order valence-electron chi connectivity index (χ4n) is 9.68. The van der Waals surface area contributed by atoms with Gasteiger partial charge in [0, 0.05) is 0 Å². The third kappa shape index (κ3) is 18.2. The summed E-state index contributed by atoms with van der Waals surface area (Å²) in [6.07, 6.45) is 47.3. The van der Waals surface area contributed by atoms with Gasteiger partial charge >= 0.3 is 313 Å². The first-order valence-electron chi connectivity index (χ1n) is 26.4. The molecular formula is C56H84Cl2N2O2Se2. The molecule has 4 nitrogen and oxygen atoms in total. The predicted molar refractivity (Wildman–Crippen MR) is 281 cm³/mol. The van der Waals surface area contributed by atoms with Crippen LogP contribution in [0, 0.1) is 11.8 Å². The van der Waals surface area contributed by atoms with Crippen LogP contribution in [-0.2, 0) is 9.59 Å². The van der Waals surface area contributed by atoms with Crippen molar-refractivity contribution in [2.75, 3.05) is 22.9 Å². The molecule has 5 rings (SSSR count). The molecule has 0 N–H and O–H groups in total. The van der Waals surface area contributed by atoms with E-state index < -0.39 is 11.8 Å². The molecule has 0 unspecified atom stereocenters. The van der Waals surface area contributed by atoms with Crippen LogP contribution in [0.3, 0.4) is 0 Å². The van der Waals surface area contributed by atoms with Crippen molar-refractivity contribution in [1.82, 2.24) is 0 Å². The molecule has 2 aromatic rings. The zero-order chi connectivity index (χ0) is 45.2. The summed E-state index contributed by atoms with van der Waals surface area (Å²) in [5.74, 6) is -1.22. The third-order valence-corrected chi connectivity index (χ3v) is 18.9. The number of Topliss-reactive ketones (excluding diaryl/α,β-unsaturated/α-hetero) is 2. The Morgan fingerprint density at radius 1 is 0.422 bits per heavy atom. The molecule has 1 fully saturated rings. The first kappa shape index (κ1) is 53.4. The first-order valence-corrected chi connectivity index (χ1v) is 30.6. The van der Waals surface area contributed by atoms with Crippen LogP contribution in [0.1, 0.15) is 219 Å². The van der Waals surface area contributed by atoms with Gasteiger partial charge in [-0.25, -0.2) is 0 Å². The van der Waals surface area contributed by atoms with Crippen molar-refractivity contribution in [3.05, 3.63) is 67.8 Å². The number of hydrogen-bond donors (Lipinski definition) is 0. The molecule has 0 atom stereocenters. The van der Waals surface area contributed by atoms with Crippen LogP contribution in [0.25, 0.3) is 0 Å². The SMILES string of the molecule is CCCCCCCCCCCCCCCCCCN1/C(=C/C2C(=O)C(/C=C3\[Se]c4ccc(Cl)cc4N3CCCCCCCCCCCCCCCCCC)C2=O)[Se]c2ccc(Cl)cc21. The number of unbranched alkanes of at least 4 members (excludes halogenated alkanes) is 30. The molecule has 0 saturated heterocycles. The number of hydrogen-bond acceptors (Lipinski definition) is 4. The predicted octanol–water partition coefficient (Wildman–Crippen LogP) is 15.6. The second kappa shape index (κ2) is 31.5. The maximum atomic E-state index is 13.9. The van der Waals surface area contributed by atoms with Crippen LogP contribution >= 0.6 is 23.2 Å². The molecule has 0 radical (unpaired) electrons. The fraction of sp³-hybridized carbons (Fsp3) is 0.679. The van der Waals surface area contributed by atoms with Gasteiger partial charge in [-0.15, -0.1) is 0 Å². The number of carbonyl (C=O) groups excluding carboxylic acids is 2. The minimum absolute atomic E-state index is 0.0400. The Bertz CT molecular complexity index is 1610. The zero-order valence-corrected chi connectivity index (χ0v) is 45.0. The van der Waals surface area contributed by atoms with Gasteiger partial charge in [-0.3, -0.25) is 0 Å². The number of nitrogens with zero attached hydrogens (tertiary/aromatic N) is 2. The van der Waals surface area contributed by atoms with E-state index in [1.807, 2.05) is 24.3 Å². The van der Waals surface area contributed by atoms with Gasteiger partial charge in [0.1, 0.15) is 0 Å². The number of ketones is 2. The Balaban J connectivity index is 1.03. The minimum atomic E-state index is -0.656. The molecule has 1 saturated carbocycles. The van der Waals surface area contributed by atoms with Gasteiger partial charge in [-0.2, -0.15) is 0 Å². The summed E-state index contributed by atoms with van der Waals surface area (Å²) in [5.41, 5.74) is 2.32. The number of carbonyl (C=O) groups is 2. The second-order valence-electron chi connectivity index (χ2n) is 19.1. The number of benzene rings is 2. The summed E-state index contributed by atoms with van der Waals surface area (Å²) in [6, 6.07) is 12.4. The number of fused-ring (bicyclic) bond motifs is 2. The molecule has 64 heavy (non-hydrogen) atoms. The van der Waals surface area contributed by atoms with Gasteiger partial charge in [-0.1, -0.05) is 104 Å². The third-order valence-electron chi connectivity index (χ3n) is 13.7. The summed E-state index contributed by atoms with van der Waals surface area (Å²) in [5, 5.41) is 1.47. The quantitative estimate of drug-likeness (QED) is 0.0387. The van der Waals surface area contributed by atoms with Gasteiger partial charge in [0.05, 0.1) is 0 Å². The molecule has 8 heteroatoms. The standard InChI is InChI=1S/C56H84Cl2N2O2Se2/c1-3-5-7-9-11-13-15-17-19-21-23-25-27-29-31-33-39-59-49-41-45(57)35-37-51(49)63-53(59)43-47-55(61)48(56(47)62)44-54-60(50-42-46(58)36-38-52(50)64-54)40-34-32-30-28-26-24-22-20-18-16-14-12-10-8-6-4-2/h35-38,41-44,47-48H,3-34,39-40H2,1-2H3/b53-43-,54-44-. The fourth-order valence-corrected chi connectivity index (χ4v) is 14.8. The van der Waals surface area contributed by atoms with Crippen molar-refractivity contribution in [2.45, 2.75) is 219 Å². The van der Waals surface area contributed by atoms with Crippen LogP contribution in [0.2, 0.25) is 10.0 Å². The topological polar surface area (TPSA) is 40.6 Å². The average molecular weight is 1050 g/mol. The monoisotopic (exact) mass is 1050 g/mol. The molecule has 0 aromatic heterocycles. The van der Waals surface area contributed by atoms with E-state index in [-0.39, 0.29) is 41.5 Å². The molecular weight excluding hydrogens is 961 g/mol. The van der Waals surface area contributed by atoms with Crippen molar-refractivity contribution < 1.29 is 9.59 Å². The van der Waals surface area contributed by atoms with Crippen LogP contribution in [0.15, 0.2) is 57.7 Å². The Morgan fingerprint density at radius 2 is 0.688 bits per heavy atom. The molecule has 356 valence electrons. The summed E-state index contributed by atoms with van der Waals surface area (Å²) in [7, 11) is 0. The number of halogens is 2. The molecule has 1 aliphatic carbocycles. The summed E-state index contributed by atoms with van der Waals surface area (Å²) in [4.78, 5) is 32.5. The van der Waals surface area contributed by atoms with E-state index in [9.17, 15) is 9.59 Å². The van der Waals surface area contributed by atoms with Crippen LogP contribution in [-0.4, -0.2) is 54.6 Å². The van der Waals surface area contributed by atoms with Crippen molar-refractivity contribution in [3.8, 4) is 0 Å². The number of rotatable bonds is 36. The Kier molecular flexibility index (Phi) is 26.3. The van der Waals surface area contributed by atoms with Gasteiger partial charge < -0.3 is 0 Å². The van der Waals surface area contributed by atoms with E-state index in [0.717, 1.165) is 56.5 Å².